The lowest BCUT2D eigenvalue weighted by Crippen LogP contribution is -2.52. The van der Waals surface area contributed by atoms with Gasteiger partial charge in [0.25, 0.3) is 0 Å². The Balaban J connectivity index is 1.73. The molecule has 0 saturated heterocycles. The topological polar surface area (TPSA) is 12.0 Å². The van der Waals surface area contributed by atoms with Gasteiger partial charge < -0.3 is 5.32 Å². The molecule has 4 aliphatic rings. The average molecular weight is 233 g/mol. The van der Waals surface area contributed by atoms with Crippen LogP contribution in [0.5, 0.6) is 0 Å². The maximum Gasteiger partial charge on any atom is 0.0132 e. The first-order chi connectivity index (χ1) is 8.31. The van der Waals surface area contributed by atoms with Gasteiger partial charge in [0.1, 0.15) is 0 Å². The zero-order valence-electron chi connectivity index (χ0n) is 11.4. The smallest absolute Gasteiger partial charge is 0.0132 e. The van der Waals surface area contributed by atoms with Gasteiger partial charge in [0.15, 0.2) is 0 Å². The zero-order chi connectivity index (χ0) is 11.8. The van der Waals surface area contributed by atoms with Crippen molar-refractivity contribution in [2.24, 2.45) is 29.6 Å². The van der Waals surface area contributed by atoms with E-state index in [0.29, 0.717) is 0 Å². The summed E-state index contributed by atoms with van der Waals surface area (Å²) in [4.78, 5) is 0. The fourth-order valence-electron chi connectivity index (χ4n) is 5.37. The minimum atomic E-state index is 0.737. The van der Waals surface area contributed by atoms with Gasteiger partial charge in [0.05, 0.1) is 0 Å². The van der Waals surface area contributed by atoms with Crippen molar-refractivity contribution in [3.05, 3.63) is 12.2 Å². The van der Waals surface area contributed by atoms with Crippen molar-refractivity contribution in [1.29, 1.82) is 0 Å². The molecule has 0 amide bonds. The minimum Gasteiger partial charge on any atom is -0.316 e. The Hall–Kier alpha value is -0.300. The molecule has 96 valence electrons. The van der Waals surface area contributed by atoms with E-state index in [9.17, 15) is 0 Å². The van der Waals surface area contributed by atoms with Crippen LogP contribution < -0.4 is 5.32 Å². The average Bonchev–Trinajstić information content (AvgIpc) is 2.31. The molecule has 4 saturated carbocycles. The predicted octanol–water partition coefficient (Wildman–Crippen LogP) is 3.61. The number of hydrogen-bond acceptors (Lipinski definition) is 1. The fourth-order valence-corrected chi connectivity index (χ4v) is 5.37. The lowest BCUT2D eigenvalue weighted by Gasteiger charge is -2.56. The predicted molar refractivity (Wildman–Crippen MR) is 72.8 cm³/mol. The Morgan fingerprint density at radius 2 is 1.65 bits per heavy atom. The number of hydrogen-bond donors (Lipinski definition) is 1. The molecular formula is C16H27N. The van der Waals surface area contributed by atoms with Gasteiger partial charge in [-0.15, -0.1) is 0 Å². The van der Waals surface area contributed by atoms with Gasteiger partial charge in [-0.2, -0.15) is 0 Å². The van der Waals surface area contributed by atoms with Crippen molar-refractivity contribution in [1.82, 2.24) is 5.32 Å². The van der Waals surface area contributed by atoms with Crippen LogP contribution in [0.3, 0.4) is 0 Å². The van der Waals surface area contributed by atoms with Gasteiger partial charge >= 0.3 is 0 Å². The maximum absolute atomic E-state index is 3.61. The molecule has 1 N–H and O–H groups in total. The highest BCUT2D eigenvalue weighted by Crippen LogP contribution is 2.57. The summed E-state index contributed by atoms with van der Waals surface area (Å²) >= 11 is 0. The normalized spacial score (nSPS) is 45.6. The third-order valence-electron chi connectivity index (χ3n) is 5.76. The van der Waals surface area contributed by atoms with Crippen LogP contribution in [0.1, 0.15) is 45.4 Å². The van der Waals surface area contributed by atoms with E-state index in [1.807, 2.05) is 0 Å². The fraction of sp³-hybridized carbons (Fsp3) is 0.875. The van der Waals surface area contributed by atoms with Crippen LogP contribution in [-0.4, -0.2) is 13.1 Å². The van der Waals surface area contributed by atoms with Crippen LogP contribution in [0, 0.1) is 29.6 Å². The highest BCUT2D eigenvalue weighted by atomic mass is 14.9. The quantitative estimate of drug-likeness (QED) is 0.731. The summed E-state index contributed by atoms with van der Waals surface area (Å²) < 4.78 is 0. The first-order valence-corrected chi connectivity index (χ1v) is 7.60. The van der Waals surface area contributed by atoms with Gasteiger partial charge in [-0.05, 0) is 82.1 Å². The molecule has 4 rings (SSSR count). The van der Waals surface area contributed by atoms with E-state index in [2.05, 4.69) is 31.4 Å². The van der Waals surface area contributed by atoms with Gasteiger partial charge in [-0.25, -0.2) is 0 Å². The second-order valence-corrected chi connectivity index (χ2v) is 6.71. The maximum atomic E-state index is 3.61. The first-order valence-electron chi connectivity index (χ1n) is 7.60. The van der Waals surface area contributed by atoms with Crippen molar-refractivity contribution in [2.75, 3.05) is 7.05 Å². The lowest BCUT2D eigenvalue weighted by atomic mass is 9.50. The minimum absolute atomic E-state index is 0.737. The molecule has 0 aliphatic heterocycles. The summed E-state index contributed by atoms with van der Waals surface area (Å²) in [6, 6.07) is 0.737. The van der Waals surface area contributed by atoms with Crippen LogP contribution in [0.25, 0.3) is 0 Å². The summed E-state index contributed by atoms with van der Waals surface area (Å²) in [7, 11) is 2.17. The monoisotopic (exact) mass is 233 g/mol. The van der Waals surface area contributed by atoms with Gasteiger partial charge in [-0.1, -0.05) is 12.2 Å². The Morgan fingerprint density at radius 3 is 2.12 bits per heavy atom. The number of nitrogens with one attached hydrogen (secondary N) is 1. The standard InChI is InChI=1S/C16H27N/c1-3-4-5-15(17-2)16-13-7-11-6-12(9-13)10-14(16)8-11/h3-4,11-17H,5-10H2,1-2H3/b4-3+. The van der Waals surface area contributed by atoms with Gasteiger partial charge in [0, 0.05) is 6.04 Å². The Labute approximate surface area is 106 Å². The van der Waals surface area contributed by atoms with Crippen molar-refractivity contribution in [3.8, 4) is 0 Å². The van der Waals surface area contributed by atoms with E-state index in [1.165, 1.54) is 6.42 Å². The van der Waals surface area contributed by atoms with Gasteiger partial charge in [0.2, 0.25) is 0 Å². The highest BCUT2D eigenvalue weighted by molar-refractivity contribution is 5.02. The Bertz CT molecular complexity index is 266. The molecule has 1 unspecified atom stereocenters. The molecule has 0 radical (unpaired) electrons. The van der Waals surface area contributed by atoms with E-state index in [4.69, 9.17) is 0 Å². The van der Waals surface area contributed by atoms with Crippen LogP contribution in [0.15, 0.2) is 12.2 Å². The van der Waals surface area contributed by atoms with Crippen LogP contribution in [0.4, 0.5) is 0 Å². The number of allylic oxidation sites excluding steroid dienone is 1. The summed E-state index contributed by atoms with van der Waals surface area (Å²) in [5.41, 5.74) is 0. The molecule has 1 heteroatoms. The molecule has 1 nitrogen and oxygen atoms in total. The van der Waals surface area contributed by atoms with E-state index >= 15 is 0 Å². The molecule has 0 aromatic heterocycles. The summed E-state index contributed by atoms with van der Waals surface area (Å²) in [5, 5.41) is 3.61. The largest absolute Gasteiger partial charge is 0.316 e. The Morgan fingerprint density at radius 1 is 1.06 bits per heavy atom. The Kier molecular flexibility index (Phi) is 3.30. The molecule has 1 atom stereocenters. The summed E-state index contributed by atoms with van der Waals surface area (Å²) in [5.74, 6) is 5.29. The van der Waals surface area contributed by atoms with E-state index in [-0.39, 0.29) is 0 Å². The molecule has 17 heavy (non-hydrogen) atoms. The second-order valence-electron chi connectivity index (χ2n) is 6.71. The molecule has 4 bridgehead atoms. The van der Waals surface area contributed by atoms with Crippen molar-refractivity contribution >= 4 is 0 Å². The molecule has 0 heterocycles. The van der Waals surface area contributed by atoms with Crippen molar-refractivity contribution in [2.45, 2.75) is 51.5 Å². The molecule has 0 spiro atoms. The molecule has 0 aromatic rings. The van der Waals surface area contributed by atoms with E-state index in [1.54, 1.807) is 32.1 Å². The van der Waals surface area contributed by atoms with Crippen LogP contribution in [-0.2, 0) is 0 Å². The highest BCUT2D eigenvalue weighted by Gasteiger charge is 2.49. The molecule has 4 aliphatic carbocycles. The molecular weight excluding hydrogens is 206 g/mol. The van der Waals surface area contributed by atoms with Crippen molar-refractivity contribution in [3.63, 3.8) is 0 Å². The van der Waals surface area contributed by atoms with E-state index < -0.39 is 0 Å². The third kappa shape index (κ3) is 2.07. The zero-order valence-corrected chi connectivity index (χ0v) is 11.4. The second kappa shape index (κ2) is 4.76. The first kappa shape index (κ1) is 11.8. The van der Waals surface area contributed by atoms with Crippen LogP contribution >= 0.6 is 0 Å². The summed E-state index contributed by atoms with van der Waals surface area (Å²) in [6.45, 7) is 2.14. The lowest BCUT2D eigenvalue weighted by molar-refractivity contribution is -0.0504. The third-order valence-corrected chi connectivity index (χ3v) is 5.76. The van der Waals surface area contributed by atoms with E-state index in [0.717, 1.165) is 35.6 Å². The SMILES string of the molecule is C/C=C/CC(NC)C1C2CC3CC(C2)CC1C3. The molecule has 4 fully saturated rings. The van der Waals surface area contributed by atoms with Crippen LogP contribution in [0.2, 0.25) is 0 Å². The number of rotatable bonds is 4. The molecule has 0 aromatic carbocycles. The van der Waals surface area contributed by atoms with Gasteiger partial charge in [-0.3, -0.25) is 0 Å². The summed E-state index contributed by atoms with van der Waals surface area (Å²) in [6.07, 6.45) is 13.6. The van der Waals surface area contributed by atoms with Crippen molar-refractivity contribution < 1.29 is 0 Å².